The first kappa shape index (κ1) is 17.4. The Bertz CT molecular complexity index is 425. The molecule has 114 valence electrons. The molecule has 15 heteroatoms. The van der Waals surface area contributed by atoms with Crippen molar-refractivity contribution < 1.29 is 34.3 Å². The number of aliphatic hydroxyl groups is 2. The topological polar surface area (TPSA) is 213 Å². The van der Waals surface area contributed by atoms with Crippen molar-refractivity contribution in [3.63, 3.8) is 0 Å². The van der Waals surface area contributed by atoms with Crippen LogP contribution in [0.15, 0.2) is 0 Å². The summed E-state index contributed by atoms with van der Waals surface area (Å²) in [7, 11) is 0. The maximum absolute atomic E-state index is 13.4. The summed E-state index contributed by atoms with van der Waals surface area (Å²) in [5.74, 6) is -4.79. The molecule has 0 aliphatic heterocycles. The van der Waals surface area contributed by atoms with Crippen molar-refractivity contribution in [3.8, 4) is 0 Å². The Hall–Kier alpha value is -2.55. The Morgan fingerprint density at radius 3 is 1.50 bits per heavy atom. The molecule has 20 heavy (non-hydrogen) atoms. The van der Waals surface area contributed by atoms with Gasteiger partial charge in [-0.25, -0.2) is 0 Å². The van der Waals surface area contributed by atoms with Crippen molar-refractivity contribution in [2.75, 3.05) is 6.61 Å². The van der Waals surface area contributed by atoms with E-state index in [4.69, 9.17) is 10.2 Å². The lowest BCUT2D eigenvalue weighted by Crippen LogP contribution is -2.59. The molecule has 0 radical (unpaired) electrons. The number of hydrogen-bond acceptors (Lipinski definition) is 10. The van der Waals surface area contributed by atoms with Crippen LogP contribution in [-0.4, -0.2) is 54.2 Å². The maximum Gasteiger partial charge on any atom is 0.641 e. The minimum absolute atomic E-state index is 1.74. The van der Waals surface area contributed by atoms with Gasteiger partial charge in [0.1, 0.15) is 26.1 Å². The van der Waals surface area contributed by atoms with Gasteiger partial charge in [-0.05, 0) is 0 Å². The predicted octanol–water partition coefficient (Wildman–Crippen LogP) is -1.84. The fourth-order valence-electron chi connectivity index (χ4n) is 1.15. The largest absolute Gasteiger partial charge is 0.641 e. The average molecular weight is 302 g/mol. The summed E-state index contributed by atoms with van der Waals surface area (Å²) >= 11 is 0. The number of hydrogen-bond donors (Lipinski definition) is 2. The van der Waals surface area contributed by atoms with Crippen molar-refractivity contribution in [2.24, 2.45) is 0 Å². The van der Waals surface area contributed by atoms with Crippen LogP contribution in [0.5, 0.6) is 0 Å². The van der Waals surface area contributed by atoms with E-state index in [2.05, 4.69) is 0 Å². The molecular weight excluding hydrogens is 295 g/mol. The molecule has 1 unspecified atom stereocenters. The third-order valence-corrected chi connectivity index (χ3v) is 2.39. The molecule has 0 aliphatic rings. The minimum atomic E-state index is -4.79. The molecule has 0 aliphatic carbocycles. The van der Waals surface area contributed by atoms with E-state index in [0.29, 0.717) is 0 Å². The Kier molecular flexibility index (Phi) is 4.90. The van der Waals surface area contributed by atoms with Crippen molar-refractivity contribution in [2.45, 2.75) is 24.1 Å². The van der Waals surface area contributed by atoms with Gasteiger partial charge in [0.05, 0.1) is 0 Å². The summed E-state index contributed by atoms with van der Waals surface area (Å²) < 4.78 is 13.4. The van der Waals surface area contributed by atoms with Crippen LogP contribution in [0.1, 0.15) is 6.42 Å². The summed E-state index contributed by atoms with van der Waals surface area (Å²) in [5, 5.41) is 59.3. The van der Waals surface area contributed by atoms with Crippen LogP contribution >= 0.6 is 0 Å². The first-order chi connectivity index (χ1) is 8.96. The zero-order valence-electron chi connectivity index (χ0n) is 9.32. The molecule has 0 heterocycles. The third kappa shape index (κ3) is 2.57. The first-order valence-corrected chi connectivity index (χ1v) is 4.52. The second-order valence-corrected chi connectivity index (χ2v) is 3.53. The Balaban J connectivity index is 5.67. The Morgan fingerprint density at radius 2 is 1.30 bits per heavy atom. The highest BCUT2D eigenvalue weighted by atomic mass is 19.2. The first-order valence-electron chi connectivity index (χ1n) is 4.52. The molecule has 0 spiro atoms. The van der Waals surface area contributed by atoms with Gasteiger partial charge in [-0.15, -0.1) is 0 Å². The molecule has 0 aromatic rings. The highest BCUT2D eigenvalue weighted by Crippen LogP contribution is 2.27. The molecule has 2 N–H and O–H groups in total. The van der Waals surface area contributed by atoms with Gasteiger partial charge in [0.2, 0.25) is 6.10 Å². The summed E-state index contributed by atoms with van der Waals surface area (Å²) in [4.78, 5) is 33.7. The van der Waals surface area contributed by atoms with Gasteiger partial charge in [-0.2, -0.15) is 0 Å². The van der Waals surface area contributed by atoms with E-state index < -0.39 is 50.4 Å². The highest BCUT2D eigenvalue weighted by molar-refractivity contribution is 4.76. The quantitative estimate of drug-likeness (QED) is 0.221. The van der Waals surface area contributed by atoms with Gasteiger partial charge in [-0.1, -0.05) is 4.39 Å². The molecule has 0 aromatic carbocycles. The number of nitro groups is 4. The molecule has 14 nitrogen and oxygen atoms in total. The molecule has 0 saturated carbocycles. The van der Waals surface area contributed by atoms with Gasteiger partial charge in [0.15, 0.2) is 6.61 Å². The van der Waals surface area contributed by atoms with Crippen LogP contribution in [0.2, 0.25) is 0 Å². The lowest BCUT2D eigenvalue weighted by Gasteiger charge is -2.19. The van der Waals surface area contributed by atoms with Gasteiger partial charge in [0, 0.05) is 0 Å². The lowest BCUT2D eigenvalue weighted by molar-refractivity contribution is -0.849. The zero-order valence-corrected chi connectivity index (χ0v) is 9.32. The van der Waals surface area contributed by atoms with E-state index in [-0.39, 0.29) is 0 Å². The molecule has 0 saturated heterocycles. The Morgan fingerprint density at radius 1 is 0.950 bits per heavy atom. The molecule has 1 atom stereocenters. The predicted molar refractivity (Wildman–Crippen MR) is 52.3 cm³/mol. The number of rotatable bonds is 8. The summed E-state index contributed by atoms with van der Waals surface area (Å²) in [5.41, 5.74) is -3.61. The third-order valence-electron chi connectivity index (χ3n) is 2.39. The van der Waals surface area contributed by atoms with Gasteiger partial charge in [0.25, 0.3) is 0 Å². The monoisotopic (exact) mass is 302 g/mol. The molecule has 0 aromatic heterocycles. The summed E-state index contributed by atoms with van der Waals surface area (Å²) in [6, 6.07) is 0. The van der Waals surface area contributed by atoms with Crippen LogP contribution in [-0.2, 0) is 0 Å². The van der Waals surface area contributed by atoms with Crippen LogP contribution < -0.4 is 0 Å². The second kappa shape index (κ2) is 5.61. The fourth-order valence-corrected chi connectivity index (χ4v) is 1.15. The molecule has 0 fully saturated rings. The van der Waals surface area contributed by atoms with Gasteiger partial charge in [-0.3, -0.25) is 40.5 Å². The number of nitrogens with zero attached hydrogens (tertiary/aromatic N) is 4. The van der Waals surface area contributed by atoms with Crippen LogP contribution in [0.4, 0.5) is 4.39 Å². The van der Waals surface area contributed by atoms with E-state index in [0.717, 1.165) is 0 Å². The van der Waals surface area contributed by atoms with E-state index >= 15 is 0 Å². The Labute approximate surface area is 107 Å². The lowest BCUT2D eigenvalue weighted by atomic mass is 10.0. The summed E-state index contributed by atoms with van der Waals surface area (Å²) in [6.07, 6.45) is -5.32. The molecule has 0 rings (SSSR count). The molecule has 0 bridgehead atoms. The van der Waals surface area contributed by atoms with Crippen molar-refractivity contribution >= 4 is 0 Å². The second-order valence-electron chi connectivity index (χ2n) is 3.53. The molecule has 0 amide bonds. The average Bonchev–Trinajstić information content (AvgIpc) is 2.32. The van der Waals surface area contributed by atoms with Crippen LogP contribution in [0, 0.1) is 40.5 Å². The van der Waals surface area contributed by atoms with E-state index in [9.17, 15) is 44.8 Å². The van der Waals surface area contributed by atoms with Crippen molar-refractivity contribution in [1.82, 2.24) is 0 Å². The molecular formula is C5H7FN4O10. The normalized spacial score (nSPS) is 13.6. The van der Waals surface area contributed by atoms with Gasteiger partial charge < -0.3 is 10.2 Å². The van der Waals surface area contributed by atoms with E-state index in [1.165, 1.54) is 0 Å². The van der Waals surface area contributed by atoms with Gasteiger partial charge >= 0.3 is 11.6 Å². The fraction of sp³-hybridized carbons (Fsp3) is 1.00. The smallest absolute Gasteiger partial charge is 0.382 e. The van der Waals surface area contributed by atoms with Crippen LogP contribution in [0.25, 0.3) is 0 Å². The number of alkyl halides is 1. The highest BCUT2D eigenvalue weighted by Gasteiger charge is 2.71. The van der Waals surface area contributed by atoms with Crippen molar-refractivity contribution in [3.05, 3.63) is 40.5 Å². The van der Waals surface area contributed by atoms with E-state index in [1.807, 2.05) is 0 Å². The standard InChI is InChI=1S/C5H7FN4O10/c6-5(9(17)18,10(19)20)3(12)1-4(2-11,7(13)14)8(15)16/h3,11-12H,1-2H2. The van der Waals surface area contributed by atoms with Crippen molar-refractivity contribution in [1.29, 1.82) is 0 Å². The van der Waals surface area contributed by atoms with Crippen LogP contribution in [0.3, 0.4) is 0 Å². The number of aliphatic hydroxyl groups excluding tert-OH is 2. The summed E-state index contributed by atoms with van der Waals surface area (Å²) in [6.45, 7) is -1.87. The zero-order chi connectivity index (χ0) is 16.3. The minimum Gasteiger partial charge on any atom is -0.382 e. The van der Waals surface area contributed by atoms with E-state index in [1.54, 1.807) is 0 Å². The SMILES string of the molecule is O=[N+]([O-])C(CO)(CC(O)C(F)([N+](=O)[O-])[N+](=O)[O-])[N+](=O)[O-]. The number of halogens is 1. The maximum atomic E-state index is 13.4.